The summed E-state index contributed by atoms with van der Waals surface area (Å²) in [5, 5.41) is 25.8. The molecule has 3 rings (SSSR count). The van der Waals surface area contributed by atoms with Gasteiger partial charge in [0.15, 0.2) is 0 Å². The number of carbonyl (C=O) groups is 6. The lowest BCUT2D eigenvalue weighted by atomic mass is 10.0. The van der Waals surface area contributed by atoms with Gasteiger partial charge in [0.05, 0.1) is 24.4 Å². The highest BCUT2D eigenvalue weighted by Gasteiger charge is 2.38. The Morgan fingerprint density at radius 2 is 1.67 bits per heavy atom. The van der Waals surface area contributed by atoms with Crippen molar-refractivity contribution in [3.8, 4) is 0 Å². The van der Waals surface area contributed by atoms with Crippen LogP contribution in [-0.2, 0) is 28.8 Å². The number of carboxylic acids is 2. The summed E-state index contributed by atoms with van der Waals surface area (Å²) in [6.07, 6.45) is 0.673. The van der Waals surface area contributed by atoms with E-state index in [4.69, 9.17) is 12.2 Å². The van der Waals surface area contributed by atoms with Crippen LogP contribution in [0.4, 0.5) is 5.69 Å². The van der Waals surface area contributed by atoms with Crippen LogP contribution in [-0.4, -0.2) is 113 Å². The number of piperazine rings is 1. The summed E-state index contributed by atoms with van der Waals surface area (Å²) in [5.41, 5.74) is 9.65. The van der Waals surface area contributed by atoms with E-state index in [9.17, 15) is 38.7 Å². The van der Waals surface area contributed by atoms with Crippen LogP contribution in [0.2, 0.25) is 0 Å². The lowest BCUT2D eigenvalue weighted by molar-refractivity contribution is -0.144. The van der Waals surface area contributed by atoms with E-state index in [1.165, 1.54) is 6.07 Å². The topological polar surface area (TPSA) is 232 Å². The van der Waals surface area contributed by atoms with Crippen molar-refractivity contribution in [2.45, 2.75) is 70.6 Å². The number of hydrogen-bond acceptors (Lipinski definition) is 11. The number of benzene rings is 1. The Kier molecular flexibility index (Phi) is 14.9. The maximum atomic E-state index is 14.5. The average molecular weight is 731 g/mol. The standard InChI is InChI=1S/C34H46N7O9S/c1-4-11-36-41(23(20-42)17-21(2)3)34(50)29(38-32(48)26(19-28(45)46)37-31(47)25(35)18-27(43)44)30-24(10-16-51-30)33(49)40-14-12-39(13-15-40)22-8-6-5-7-9-22/h5-10,16,21,23,25-26,29,36H,4,11-15,17-19,35H2,1-3H3,(H,37,47)(H,38,48)(H,43,44)(H,45,46)/t23-,25+,26-,29?/m0/s1/i2T/t21?,23-,25+,26-,29?. The minimum absolute atomic E-state index is 0.0458. The second kappa shape index (κ2) is 19.5. The Hall–Kier alpha value is -4.87. The molecule has 4 amide bonds. The molecule has 17 heteroatoms. The molecule has 1 radical (unpaired) electrons. The van der Waals surface area contributed by atoms with Gasteiger partial charge in [0.1, 0.15) is 18.1 Å². The minimum Gasteiger partial charge on any atom is -0.481 e. The Bertz CT molecular complexity index is 1550. The first kappa shape index (κ1) is 38.9. The number of rotatable bonds is 19. The number of hydrogen-bond donors (Lipinski definition) is 6. The zero-order valence-electron chi connectivity index (χ0n) is 29.6. The van der Waals surface area contributed by atoms with Gasteiger partial charge < -0.3 is 36.4 Å². The van der Waals surface area contributed by atoms with Crippen LogP contribution >= 0.6 is 11.3 Å². The van der Waals surface area contributed by atoms with Crippen molar-refractivity contribution in [3.05, 3.63) is 52.2 Å². The predicted molar refractivity (Wildman–Crippen MR) is 188 cm³/mol. The Labute approximate surface area is 301 Å². The smallest absolute Gasteiger partial charge is 0.305 e. The summed E-state index contributed by atoms with van der Waals surface area (Å²) in [6.45, 7) is 5.51. The quantitative estimate of drug-likeness (QED) is 0.111. The van der Waals surface area contributed by atoms with E-state index in [2.05, 4.69) is 21.0 Å². The molecule has 16 nitrogen and oxygen atoms in total. The molecule has 1 aromatic carbocycles. The number of carboxylic acid groups (broad SMARTS) is 2. The van der Waals surface area contributed by atoms with Gasteiger partial charge in [0.2, 0.25) is 18.1 Å². The summed E-state index contributed by atoms with van der Waals surface area (Å²) in [5.74, 6) is -6.76. The molecule has 2 heterocycles. The zero-order chi connectivity index (χ0) is 38.4. The number of para-hydroxylation sites is 1. The van der Waals surface area contributed by atoms with E-state index >= 15 is 0 Å². The molecule has 0 saturated carbocycles. The van der Waals surface area contributed by atoms with Crippen LogP contribution < -0.4 is 26.7 Å². The molecular weight excluding hydrogens is 682 g/mol. The Balaban J connectivity index is 2.01. The molecule has 1 aliphatic heterocycles. The van der Waals surface area contributed by atoms with Gasteiger partial charge in [-0.05, 0) is 42.3 Å². The first-order valence-electron chi connectivity index (χ1n) is 17.2. The number of aliphatic carboxylic acids is 2. The van der Waals surface area contributed by atoms with Gasteiger partial charge in [-0.1, -0.05) is 38.9 Å². The van der Waals surface area contributed by atoms with Crippen molar-refractivity contribution >= 4 is 58.9 Å². The van der Waals surface area contributed by atoms with Crippen molar-refractivity contribution in [2.75, 3.05) is 37.6 Å². The highest BCUT2D eigenvalue weighted by molar-refractivity contribution is 7.10. The van der Waals surface area contributed by atoms with Gasteiger partial charge in [-0.25, -0.2) is 5.43 Å². The zero-order valence-corrected chi connectivity index (χ0v) is 29.4. The SMILES string of the molecule is [3H]CC(C)C[C@@H]([C]=O)N(NCCC)C(=O)C(NC(=O)[C@H](CC(=O)O)NC(=O)[C@H](N)CC(=O)O)c1sccc1C(=O)N1CCN(c2ccccc2)CC1. The van der Waals surface area contributed by atoms with Gasteiger partial charge >= 0.3 is 11.9 Å². The van der Waals surface area contributed by atoms with Crippen molar-refractivity contribution in [2.24, 2.45) is 11.7 Å². The van der Waals surface area contributed by atoms with E-state index in [1.54, 1.807) is 17.2 Å². The van der Waals surface area contributed by atoms with Crippen molar-refractivity contribution in [1.82, 2.24) is 26.0 Å². The summed E-state index contributed by atoms with van der Waals surface area (Å²) in [4.78, 5) is 94.0. The fraction of sp³-hybridized carbons (Fsp3) is 0.500. The highest BCUT2D eigenvalue weighted by Crippen LogP contribution is 2.29. The largest absolute Gasteiger partial charge is 0.481 e. The second-order valence-electron chi connectivity index (χ2n) is 12.2. The van der Waals surface area contributed by atoms with E-state index in [0.29, 0.717) is 32.6 Å². The third kappa shape index (κ3) is 11.6. The fourth-order valence-corrected chi connectivity index (χ4v) is 6.35. The normalized spacial score (nSPS) is 16.1. The molecule has 1 aliphatic rings. The monoisotopic (exact) mass is 730 g/mol. The number of thiophene rings is 1. The Morgan fingerprint density at radius 3 is 2.25 bits per heavy atom. The van der Waals surface area contributed by atoms with Gasteiger partial charge in [-0.2, -0.15) is 0 Å². The number of amides is 4. The Morgan fingerprint density at radius 1 is 1.00 bits per heavy atom. The summed E-state index contributed by atoms with van der Waals surface area (Å²) < 4.78 is 7.74. The molecule has 277 valence electrons. The van der Waals surface area contributed by atoms with Gasteiger partial charge in [0.25, 0.3) is 11.8 Å². The first-order valence-corrected chi connectivity index (χ1v) is 17.4. The van der Waals surface area contributed by atoms with E-state index in [0.717, 1.165) is 22.0 Å². The molecule has 7 N–H and O–H groups in total. The predicted octanol–water partition coefficient (Wildman–Crippen LogP) is 0.897. The third-order valence-corrected chi connectivity index (χ3v) is 8.98. The molecule has 2 aromatic rings. The highest BCUT2D eigenvalue weighted by atomic mass is 32.1. The number of hydrazine groups is 1. The second-order valence-corrected chi connectivity index (χ2v) is 13.2. The average Bonchev–Trinajstić information content (AvgIpc) is 3.62. The molecule has 1 fully saturated rings. The molecule has 51 heavy (non-hydrogen) atoms. The number of nitrogens with two attached hydrogens (primary N) is 1. The number of carbonyl (C=O) groups excluding carboxylic acids is 5. The van der Waals surface area contributed by atoms with Crippen molar-refractivity contribution in [1.29, 1.82) is 0 Å². The maximum Gasteiger partial charge on any atom is 0.305 e. The molecule has 0 bridgehead atoms. The summed E-state index contributed by atoms with van der Waals surface area (Å²) >= 11 is 0.983. The van der Waals surface area contributed by atoms with E-state index in [1.807, 2.05) is 43.5 Å². The fourth-order valence-electron chi connectivity index (χ4n) is 5.42. The van der Waals surface area contributed by atoms with E-state index < -0.39 is 72.6 Å². The number of nitrogens with zero attached hydrogens (tertiary/aromatic N) is 3. The molecule has 5 atom stereocenters. The molecule has 0 spiro atoms. The molecule has 1 saturated heterocycles. The minimum atomic E-state index is -1.81. The molecule has 1 aromatic heterocycles. The van der Waals surface area contributed by atoms with Crippen molar-refractivity contribution < 1.29 is 45.1 Å². The van der Waals surface area contributed by atoms with E-state index in [-0.39, 0.29) is 36.2 Å². The lowest BCUT2D eigenvalue weighted by Gasteiger charge is -2.36. The first-order chi connectivity index (χ1) is 24.8. The summed E-state index contributed by atoms with van der Waals surface area (Å²) in [7, 11) is 0. The molecule has 2 unspecified atom stereocenters. The van der Waals surface area contributed by atoms with Crippen LogP contribution in [0.3, 0.4) is 0 Å². The van der Waals surface area contributed by atoms with Crippen LogP contribution in [0, 0.1) is 5.92 Å². The van der Waals surface area contributed by atoms with Gasteiger partial charge in [-0.3, -0.25) is 38.6 Å². The van der Waals surface area contributed by atoms with Crippen LogP contribution in [0.1, 0.15) is 69.1 Å². The van der Waals surface area contributed by atoms with Gasteiger partial charge in [-0.15, -0.1) is 11.3 Å². The van der Waals surface area contributed by atoms with Crippen LogP contribution in [0.5, 0.6) is 0 Å². The molecular formula is C34H46N7O9S. The van der Waals surface area contributed by atoms with Crippen LogP contribution in [0.15, 0.2) is 41.8 Å². The third-order valence-electron chi connectivity index (χ3n) is 8.00. The van der Waals surface area contributed by atoms with Crippen molar-refractivity contribution in [3.63, 3.8) is 0 Å². The maximum absolute atomic E-state index is 14.5. The number of anilines is 1. The molecule has 0 aliphatic carbocycles. The lowest BCUT2D eigenvalue weighted by Crippen LogP contribution is -2.57. The summed E-state index contributed by atoms with van der Waals surface area (Å²) in [6, 6.07) is 4.93. The number of nitrogens with one attached hydrogen (secondary N) is 3. The van der Waals surface area contributed by atoms with Gasteiger partial charge in [0, 0.05) is 44.7 Å². The van der Waals surface area contributed by atoms with Crippen LogP contribution in [0.25, 0.3) is 0 Å².